The lowest BCUT2D eigenvalue weighted by atomic mass is 10.3. The van der Waals surface area contributed by atoms with Crippen LogP contribution in [0.5, 0.6) is 0 Å². The number of aromatic amines is 1. The number of nitrogens with two attached hydrogens (primary N) is 1. The summed E-state index contributed by atoms with van der Waals surface area (Å²) in [5.41, 5.74) is 6.98. The van der Waals surface area contributed by atoms with E-state index in [2.05, 4.69) is 20.7 Å². The average Bonchev–Trinajstić information content (AvgIpc) is 2.73. The molecule has 0 radical (unpaired) electrons. The van der Waals surface area contributed by atoms with Crippen LogP contribution < -0.4 is 5.73 Å². The fourth-order valence-corrected chi connectivity index (χ4v) is 1.02. The first kappa shape index (κ1) is 10.9. The van der Waals surface area contributed by atoms with Gasteiger partial charge in [0.2, 0.25) is 6.41 Å². The van der Waals surface area contributed by atoms with E-state index in [0.717, 1.165) is 17.1 Å². The minimum atomic E-state index is 0.250. The summed E-state index contributed by atoms with van der Waals surface area (Å²) >= 11 is 0. The van der Waals surface area contributed by atoms with Gasteiger partial charge < -0.3 is 10.7 Å². The van der Waals surface area contributed by atoms with Crippen molar-refractivity contribution in [3.8, 4) is 11.4 Å². The zero-order valence-corrected chi connectivity index (χ0v) is 8.34. The monoisotopic (exact) mass is 204 g/mol. The molecular formula is C10H12N4O. The van der Waals surface area contributed by atoms with Gasteiger partial charge in [0.05, 0.1) is 17.6 Å². The summed E-state index contributed by atoms with van der Waals surface area (Å²) in [6.07, 6.45) is 5.65. The van der Waals surface area contributed by atoms with Gasteiger partial charge in [0, 0.05) is 12.4 Å². The Labute approximate surface area is 87.4 Å². The van der Waals surface area contributed by atoms with Gasteiger partial charge in [0.15, 0.2) is 0 Å². The smallest absolute Gasteiger partial charge is 0.204 e. The molecule has 0 aliphatic rings. The fourth-order valence-electron chi connectivity index (χ4n) is 1.02. The maximum atomic E-state index is 8.58. The summed E-state index contributed by atoms with van der Waals surface area (Å²) in [6.45, 7) is 1.92. The Balaban J connectivity index is 0.000000337. The molecule has 3 N–H and O–H groups in total. The third-order valence-electron chi connectivity index (χ3n) is 1.65. The van der Waals surface area contributed by atoms with E-state index in [-0.39, 0.29) is 6.41 Å². The second-order valence-electron chi connectivity index (χ2n) is 2.76. The molecule has 2 heterocycles. The van der Waals surface area contributed by atoms with Gasteiger partial charge in [0.25, 0.3) is 0 Å². The Morgan fingerprint density at radius 2 is 2.13 bits per heavy atom. The number of carbonyl (C=O) groups excluding carboxylic acids is 1. The average molecular weight is 204 g/mol. The molecule has 2 aromatic heterocycles. The third kappa shape index (κ3) is 3.22. The van der Waals surface area contributed by atoms with Gasteiger partial charge >= 0.3 is 0 Å². The molecule has 0 atom stereocenters. The van der Waals surface area contributed by atoms with E-state index in [9.17, 15) is 0 Å². The van der Waals surface area contributed by atoms with Crippen molar-refractivity contribution in [2.75, 3.05) is 0 Å². The Morgan fingerprint density at radius 3 is 2.60 bits per heavy atom. The number of nitrogens with one attached hydrogen (secondary N) is 1. The van der Waals surface area contributed by atoms with Crippen molar-refractivity contribution in [1.82, 2.24) is 15.0 Å². The number of nitrogens with zero attached hydrogens (tertiary/aromatic N) is 2. The molecule has 0 aliphatic carbocycles. The highest BCUT2D eigenvalue weighted by atomic mass is 16.1. The van der Waals surface area contributed by atoms with Crippen LogP contribution in [-0.2, 0) is 4.79 Å². The van der Waals surface area contributed by atoms with Crippen molar-refractivity contribution in [1.29, 1.82) is 0 Å². The van der Waals surface area contributed by atoms with Gasteiger partial charge in [-0.2, -0.15) is 0 Å². The van der Waals surface area contributed by atoms with Crippen molar-refractivity contribution in [3.63, 3.8) is 0 Å². The van der Waals surface area contributed by atoms with Crippen LogP contribution in [-0.4, -0.2) is 21.4 Å². The number of rotatable bonds is 1. The second-order valence-corrected chi connectivity index (χ2v) is 2.76. The summed E-state index contributed by atoms with van der Waals surface area (Å²) < 4.78 is 0. The standard InChI is InChI=1S/C9H9N3.CH3NO/c1-7-5-12-9(6-11-7)8-3-2-4-10-8;2-1-3/h2-6,10H,1H3;1H,(H2,2,3). The van der Waals surface area contributed by atoms with E-state index >= 15 is 0 Å². The minimum Gasteiger partial charge on any atom is -0.372 e. The van der Waals surface area contributed by atoms with Crippen LogP contribution >= 0.6 is 0 Å². The van der Waals surface area contributed by atoms with Crippen LogP contribution in [0.4, 0.5) is 0 Å². The second kappa shape index (κ2) is 5.54. The van der Waals surface area contributed by atoms with E-state index in [0.29, 0.717) is 0 Å². The first-order chi connectivity index (χ1) is 7.27. The Bertz CT molecular complexity index is 394. The maximum absolute atomic E-state index is 8.58. The van der Waals surface area contributed by atoms with Crippen molar-refractivity contribution >= 4 is 6.41 Å². The normalized spacial score (nSPS) is 8.87. The highest BCUT2D eigenvalue weighted by molar-refractivity contribution is 5.52. The predicted molar refractivity (Wildman–Crippen MR) is 56.8 cm³/mol. The molecule has 0 bridgehead atoms. The Morgan fingerprint density at radius 1 is 1.40 bits per heavy atom. The molecule has 0 unspecified atom stereocenters. The summed E-state index contributed by atoms with van der Waals surface area (Å²) in [7, 11) is 0. The molecular weight excluding hydrogens is 192 g/mol. The first-order valence-corrected chi connectivity index (χ1v) is 4.35. The van der Waals surface area contributed by atoms with Crippen LogP contribution in [0.3, 0.4) is 0 Å². The number of hydrogen-bond donors (Lipinski definition) is 2. The van der Waals surface area contributed by atoms with Gasteiger partial charge in [-0.1, -0.05) is 0 Å². The van der Waals surface area contributed by atoms with Crippen molar-refractivity contribution in [2.45, 2.75) is 6.92 Å². The molecule has 0 aromatic carbocycles. The lowest BCUT2D eigenvalue weighted by Gasteiger charge is -1.95. The molecule has 2 aromatic rings. The van der Waals surface area contributed by atoms with Crippen LogP contribution in [0.25, 0.3) is 11.4 Å². The lowest BCUT2D eigenvalue weighted by molar-refractivity contribution is -0.106. The summed E-state index contributed by atoms with van der Waals surface area (Å²) in [6, 6.07) is 3.91. The maximum Gasteiger partial charge on any atom is 0.204 e. The van der Waals surface area contributed by atoms with Crippen molar-refractivity contribution < 1.29 is 4.79 Å². The number of primary amides is 1. The molecule has 0 fully saturated rings. The van der Waals surface area contributed by atoms with E-state index in [1.807, 2.05) is 25.3 Å². The highest BCUT2D eigenvalue weighted by Crippen LogP contribution is 2.11. The molecule has 2 rings (SSSR count). The number of aromatic nitrogens is 3. The predicted octanol–water partition coefficient (Wildman–Crippen LogP) is 0.882. The zero-order chi connectivity index (χ0) is 11.1. The largest absolute Gasteiger partial charge is 0.372 e. The summed E-state index contributed by atoms with van der Waals surface area (Å²) in [5, 5.41) is 0. The zero-order valence-electron chi connectivity index (χ0n) is 8.34. The van der Waals surface area contributed by atoms with Gasteiger partial charge in [0.1, 0.15) is 5.69 Å². The summed E-state index contributed by atoms with van der Waals surface area (Å²) in [5.74, 6) is 0. The topological polar surface area (TPSA) is 84.7 Å². The molecule has 0 saturated heterocycles. The van der Waals surface area contributed by atoms with Gasteiger partial charge in [-0.3, -0.25) is 14.8 Å². The number of H-pyrrole nitrogens is 1. The molecule has 0 aliphatic heterocycles. The number of aryl methyl sites for hydroxylation is 1. The molecule has 78 valence electrons. The van der Waals surface area contributed by atoms with Crippen molar-refractivity contribution in [3.05, 3.63) is 36.4 Å². The Hall–Kier alpha value is -2.17. The van der Waals surface area contributed by atoms with Gasteiger partial charge in [-0.25, -0.2) is 0 Å². The van der Waals surface area contributed by atoms with Gasteiger partial charge in [-0.05, 0) is 19.1 Å². The molecule has 5 heteroatoms. The summed E-state index contributed by atoms with van der Waals surface area (Å²) in [4.78, 5) is 20.0. The molecule has 0 saturated carbocycles. The fraction of sp³-hybridized carbons (Fsp3) is 0.100. The third-order valence-corrected chi connectivity index (χ3v) is 1.65. The van der Waals surface area contributed by atoms with E-state index in [1.54, 1.807) is 12.4 Å². The number of hydrogen-bond acceptors (Lipinski definition) is 3. The quantitative estimate of drug-likeness (QED) is 0.676. The number of carbonyl (C=O) groups is 1. The van der Waals surface area contributed by atoms with E-state index < -0.39 is 0 Å². The van der Waals surface area contributed by atoms with E-state index in [4.69, 9.17) is 4.79 Å². The lowest BCUT2D eigenvalue weighted by Crippen LogP contribution is -1.87. The van der Waals surface area contributed by atoms with Crippen LogP contribution in [0, 0.1) is 6.92 Å². The Kier molecular flexibility index (Phi) is 4.03. The SMILES string of the molecule is Cc1cnc(-c2ccc[nH]2)cn1.NC=O. The van der Waals surface area contributed by atoms with Crippen LogP contribution in [0.1, 0.15) is 5.69 Å². The molecule has 0 spiro atoms. The molecule has 5 nitrogen and oxygen atoms in total. The minimum absolute atomic E-state index is 0.250. The van der Waals surface area contributed by atoms with Crippen molar-refractivity contribution in [2.24, 2.45) is 5.73 Å². The number of amides is 1. The first-order valence-electron chi connectivity index (χ1n) is 4.35. The molecule has 1 amide bonds. The van der Waals surface area contributed by atoms with Gasteiger partial charge in [-0.15, -0.1) is 0 Å². The van der Waals surface area contributed by atoms with Crippen LogP contribution in [0.15, 0.2) is 30.7 Å². The molecule has 15 heavy (non-hydrogen) atoms. The highest BCUT2D eigenvalue weighted by Gasteiger charge is 1.97. The van der Waals surface area contributed by atoms with E-state index in [1.165, 1.54) is 0 Å². The van der Waals surface area contributed by atoms with Crippen LogP contribution in [0.2, 0.25) is 0 Å².